The molecular weight excluding hydrogens is 318 g/mol. The summed E-state index contributed by atoms with van der Waals surface area (Å²) in [7, 11) is 1.15. The van der Waals surface area contributed by atoms with Gasteiger partial charge in [-0.3, -0.25) is 0 Å². The quantitative estimate of drug-likeness (QED) is 0.290. The Bertz CT molecular complexity index is 580. The summed E-state index contributed by atoms with van der Waals surface area (Å²) in [6, 6.07) is 3.03. The first-order valence-electron chi connectivity index (χ1n) is 5.01. The zero-order valence-electron chi connectivity index (χ0n) is 9.87. The number of rotatable bonds is 4. The van der Waals surface area contributed by atoms with Gasteiger partial charge in [0.2, 0.25) is 0 Å². The summed E-state index contributed by atoms with van der Waals surface area (Å²) < 4.78 is 4.75. The topological polar surface area (TPSA) is 116 Å². The molecule has 19 heavy (non-hydrogen) atoms. The lowest BCUT2D eigenvalue weighted by atomic mass is 10.1. The maximum absolute atomic E-state index is 11.3. The normalized spacial score (nSPS) is 10.8. The van der Waals surface area contributed by atoms with E-state index in [1.165, 1.54) is 12.1 Å². The van der Waals surface area contributed by atoms with Crippen LogP contribution in [0.1, 0.15) is 11.1 Å². The fourth-order valence-electron chi connectivity index (χ4n) is 1.29. The predicted octanol–water partition coefficient (Wildman–Crippen LogP) is 2.47. The number of halogens is 1. The molecule has 0 saturated heterocycles. The van der Waals surface area contributed by atoms with Gasteiger partial charge in [0.15, 0.2) is 0 Å². The Balaban J connectivity index is 3.33. The van der Waals surface area contributed by atoms with E-state index in [0.717, 1.165) is 7.11 Å². The molecule has 0 aromatic heterocycles. The number of carbonyl (C=O) groups is 1. The number of phenolic OH excluding ortho intramolecular Hbond substituents is 1. The van der Waals surface area contributed by atoms with Gasteiger partial charge in [0, 0.05) is 10.5 Å². The number of azide groups is 1. The van der Waals surface area contributed by atoms with Crippen LogP contribution in [0.4, 0.5) is 0 Å². The number of aliphatic hydroxyl groups is 1. The first-order valence-corrected chi connectivity index (χ1v) is 5.80. The summed E-state index contributed by atoms with van der Waals surface area (Å²) in [5.41, 5.74) is 8.81. The minimum atomic E-state index is -0.820. The minimum Gasteiger partial charge on any atom is -0.506 e. The number of esters is 1. The van der Waals surface area contributed by atoms with E-state index in [0.29, 0.717) is 10.0 Å². The Morgan fingerprint density at radius 1 is 1.63 bits per heavy atom. The average Bonchev–Trinajstić information content (AvgIpc) is 2.42. The number of hydrogen-bond acceptors (Lipinski definition) is 5. The molecule has 0 aliphatic heterocycles. The third-order valence-electron chi connectivity index (χ3n) is 2.24. The van der Waals surface area contributed by atoms with Gasteiger partial charge >= 0.3 is 5.97 Å². The number of hydrogen-bond donors (Lipinski definition) is 2. The number of aliphatic hydroxyl groups excluding tert-OH is 1. The molecule has 1 aromatic carbocycles. The first kappa shape index (κ1) is 15.0. The third kappa shape index (κ3) is 3.47. The zero-order chi connectivity index (χ0) is 14.4. The van der Waals surface area contributed by atoms with Gasteiger partial charge in [-0.15, -0.1) is 0 Å². The molecule has 0 aliphatic carbocycles. The van der Waals surface area contributed by atoms with E-state index in [1.807, 2.05) is 0 Å². The van der Waals surface area contributed by atoms with Crippen molar-refractivity contribution in [2.75, 3.05) is 7.11 Å². The molecule has 0 aliphatic rings. The first-order chi connectivity index (χ1) is 9.04. The van der Waals surface area contributed by atoms with Gasteiger partial charge < -0.3 is 14.9 Å². The fraction of sp³-hybridized carbons (Fsp3) is 0.182. The number of methoxy groups -OCH3 is 1. The molecule has 0 atom stereocenters. The molecule has 0 fully saturated rings. The Labute approximate surface area is 116 Å². The van der Waals surface area contributed by atoms with E-state index in [9.17, 15) is 9.90 Å². The van der Waals surface area contributed by atoms with Gasteiger partial charge in [-0.2, -0.15) is 0 Å². The van der Waals surface area contributed by atoms with Crippen molar-refractivity contribution >= 4 is 28.0 Å². The molecule has 0 heterocycles. The largest absolute Gasteiger partial charge is 0.506 e. The van der Waals surface area contributed by atoms with Crippen molar-refractivity contribution in [2.45, 2.75) is 6.61 Å². The molecule has 0 bridgehead atoms. The predicted molar refractivity (Wildman–Crippen MR) is 70.9 cm³/mol. The Kier molecular flexibility index (Phi) is 5.37. The molecule has 0 radical (unpaired) electrons. The van der Waals surface area contributed by atoms with Crippen molar-refractivity contribution in [3.63, 3.8) is 0 Å². The average molecular weight is 328 g/mol. The highest BCUT2D eigenvalue weighted by molar-refractivity contribution is 9.10. The van der Waals surface area contributed by atoms with Crippen LogP contribution >= 0.6 is 15.9 Å². The highest BCUT2D eigenvalue weighted by Gasteiger charge is 2.12. The van der Waals surface area contributed by atoms with Crippen molar-refractivity contribution in [3.05, 3.63) is 43.9 Å². The molecule has 2 N–H and O–H groups in total. The smallest absolute Gasteiger partial charge is 0.340 e. The van der Waals surface area contributed by atoms with E-state index in [4.69, 9.17) is 10.6 Å². The van der Waals surface area contributed by atoms with Crippen LogP contribution in [0.25, 0.3) is 16.5 Å². The minimum absolute atomic E-state index is 0.180. The number of nitrogens with zero attached hydrogens (tertiary/aromatic N) is 3. The fourth-order valence-corrected chi connectivity index (χ4v) is 1.77. The standard InChI is InChI=1S/C11H10BrN3O4/c1-19-11(18)8(14-15-13)4-6-2-3-7(5-16)9(12)10(6)17/h2-4,16-17H,5H2,1H3/b8-4-. The molecule has 0 unspecified atom stereocenters. The summed E-state index contributed by atoms with van der Waals surface area (Å²) in [6.45, 7) is -0.252. The lowest BCUT2D eigenvalue weighted by Gasteiger charge is -2.07. The number of ether oxygens (including phenoxy) is 1. The van der Waals surface area contributed by atoms with E-state index < -0.39 is 5.97 Å². The zero-order valence-corrected chi connectivity index (χ0v) is 11.5. The molecule has 8 heteroatoms. The lowest BCUT2D eigenvalue weighted by Crippen LogP contribution is -2.02. The molecule has 7 nitrogen and oxygen atoms in total. The van der Waals surface area contributed by atoms with Crippen molar-refractivity contribution in [1.29, 1.82) is 0 Å². The molecular formula is C11H10BrN3O4. The second-order valence-electron chi connectivity index (χ2n) is 3.35. The summed E-state index contributed by atoms with van der Waals surface area (Å²) in [5.74, 6) is -0.999. The monoisotopic (exact) mass is 327 g/mol. The summed E-state index contributed by atoms with van der Waals surface area (Å²) in [4.78, 5) is 13.8. The second kappa shape index (κ2) is 6.79. The van der Waals surface area contributed by atoms with Crippen LogP contribution in [0, 0.1) is 0 Å². The molecule has 0 saturated carbocycles. The van der Waals surface area contributed by atoms with Crippen LogP contribution in [-0.4, -0.2) is 23.3 Å². The second-order valence-corrected chi connectivity index (χ2v) is 4.14. The highest BCUT2D eigenvalue weighted by Crippen LogP contribution is 2.33. The van der Waals surface area contributed by atoms with E-state index >= 15 is 0 Å². The van der Waals surface area contributed by atoms with Gasteiger partial charge in [-0.25, -0.2) is 4.79 Å². The van der Waals surface area contributed by atoms with E-state index in [1.54, 1.807) is 6.07 Å². The molecule has 100 valence electrons. The summed E-state index contributed by atoms with van der Waals surface area (Å²) in [5, 5.41) is 22.1. The molecule has 1 rings (SSSR count). The number of benzene rings is 1. The lowest BCUT2D eigenvalue weighted by molar-refractivity contribution is -0.136. The van der Waals surface area contributed by atoms with Crippen molar-refractivity contribution < 1.29 is 19.7 Å². The number of phenols is 1. The Hall–Kier alpha value is -2.02. The Morgan fingerprint density at radius 2 is 2.32 bits per heavy atom. The molecule has 0 amide bonds. The van der Waals surface area contributed by atoms with E-state index in [2.05, 4.69) is 30.7 Å². The number of carbonyl (C=O) groups excluding carboxylic acids is 1. The van der Waals surface area contributed by atoms with E-state index in [-0.39, 0.29) is 23.6 Å². The van der Waals surface area contributed by atoms with Crippen molar-refractivity contribution in [2.24, 2.45) is 5.11 Å². The van der Waals surface area contributed by atoms with Gasteiger partial charge in [0.05, 0.1) is 18.2 Å². The van der Waals surface area contributed by atoms with Gasteiger partial charge in [0.1, 0.15) is 11.4 Å². The van der Waals surface area contributed by atoms with Crippen molar-refractivity contribution in [3.8, 4) is 5.75 Å². The van der Waals surface area contributed by atoms with Crippen LogP contribution in [0.5, 0.6) is 5.75 Å². The molecule has 1 aromatic rings. The van der Waals surface area contributed by atoms with Gasteiger partial charge in [-0.05, 0) is 33.1 Å². The molecule has 0 spiro atoms. The van der Waals surface area contributed by atoms with Crippen molar-refractivity contribution in [1.82, 2.24) is 0 Å². The maximum Gasteiger partial charge on any atom is 0.340 e. The van der Waals surface area contributed by atoms with Crippen LogP contribution in [0.2, 0.25) is 0 Å². The SMILES string of the molecule is COC(=O)/C(=C/c1ccc(CO)c(Br)c1O)N=[N+]=[N-]. The van der Waals surface area contributed by atoms with Crippen LogP contribution in [0.15, 0.2) is 27.4 Å². The van der Waals surface area contributed by atoms with Gasteiger partial charge in [-0.1, -0.05) is 17.2 Å². The number of aromatic hydroxyl groups is 1. The van der Waals surface area contributed by atoms with Gasteiger partial charge in [0.25, 0.3) is 0 Å². The Morgan fingerprint density at radius 3 is 2.84 bits per heavy atom. The van der Waals surface area contributed by atoms with Crippen LogP contribution in [0.3, 0.4) is 0 Å². The summed E-state index contributed by atoms with van der Waals surface area (Å²) >= 11 is 3.12. The highest BCUT2D eigenvalue weighted by atomic mass is 79.9. The summed E-state index contributed by atoms with van der Waals surface area (Å²) in [6.07, 6.45) is 1.19. The van der Waals surface area contributed by atoms with Crippen LogP contribution in [-0.2, 0) is 16.1 Å². The van der Waals surface area contributed by atoms with Crippen LogP contribution < -0.4 is 0 Å². The third-order valence-corrected chi connectivity index (χ3v) is 3.12. The maximum atomic E-state index is 11.3.